The number of nitrogens with zero attached hydrogens (tertiary/aromatic N) is 1. The number of hydrogen-bond acceptors (Lipinski definition) is 2. The van der Waals surface area contributed by atoms with Crippen LogP contribution in [0.5, 0.6) is 0 Å². The number of rotatable bonds is 3. The monoisotopic (exact) mass is 443 g/mol. The zero-order valence-corrected chi connectivity index (χ0v) is 16.6. The number of urea groups is 1. The van der Waals surface area contributed by atoms with E-state index in [0.717, 1.165) is 12.1 Å². The summed E-state index contributed by atoms with van der Waals surface area (Å²) in [7, 11) is 1.46. The second-order valence-corrected chi connectivity index (χ2v) is 7.17. The van der Waals surface area contributed by atoms with Crippen LogP contribution in [0.15, 0.2) is 35.3 Å². The molecule has 0 fully saturated rings. The van der Waals surface area contributed by atoms with Crippen molar-refractivity contribution in [3.05, 3.63) is 73.9 Å². The van der Waals surface area contributed by atoms with Crippen molar-refractivity contribution < 1.29 is 18.0 Å². The first kappa shape index (κ1) is 21.0. The Labute approximate surface area is 173 Å². The van der Waals surface area contributed by atoms with Crippen molar-refractivity contribution in [2.24, 2.45) is 0 Å². The number of amides is 2. The van der Waals surface area contributed by atoms with E-state index in [0.29, 0.717) is 5.56 Å². The third-order valence-corrected chi connectivity index (χ3v) is 5.11. The van der Waals surface area contributed by atoms with Crippen LogP contribution in [-0.2, 0) is 0 Å². The van der Waals surface area contributed by atoms with E-state index >= 15 is 0 Å². The largest absolute Gasteiger partial charge is 0.328 e. The van der Waals surface area contributed by atoms with Crippen LogP contribution in [-0.4, -0.2) is 23.0 Å². The van der Waals surface area contributed by atoms with Crippen LogP contribution in [0, 0.1) is 17.5 Å². The number of aromatic nitrogens is 1. The topological polar surface area (TPSA) is 65.2 Å². The van der Waals surface area contributed by atoms with Crippen LogP contribution in [0.2, 0.25) is 10.0 Å². The first-order valence-corrected chi connectivity index (χ1v) is 9.04. The fourth-order valence-corrected chi connectivity index (χ4v) is 3.33. The van der Waals surface area contributed by atoms with Gasteiger partial charge in [-0.1, -0.05) is 23.2 Å². The summed E-state index contributed by atoms with van der Waals surface area (Å²) >= 11 is 11.4. The van der Waals surface area contributed by atoms with Gasteiger partial charge in [0, 0.05) is 18.9 Å². The zero-order valence-electron chi connectivity index (χ0n) is 15.1. The normalized spacial score (nSPS) is 12.1. The highest BCUT2D eigenvalue weighted by Crippen LogP contribution is 2.29. The minimum Gasteiger partial charge on any atom is -0.328 e. The van der Waals surface area contributed by atoms with E-state index in [2.05, 4.69) is 10.3 Å². The maximum atomic E-state index is 13.7. The van der Waals surface area contributed by atoms with Crippen LogP contribution in [0.3, 0.4) is 0 Å². The molecule has 152 valence electrons. The summed E-state index contributed by atoms with van der Waals surface area (Å²) in [6, 6.07) is 2.88. The quantitative estimate of drug-likeness (QED) is 0.526. The lowest BCUT2D eigenvalue weighted by Crippen LogP contribution is -2.34. The molecule has 0 aliphatic heterocycles. The van der Waals surface area contributed by atoms with Crippen molar-refractivity contribution in [3.8, 4) is 0 Å². The van der Waals surface area contributed by atoms with Crippen molar-refractivity contribution in [2.45, 2.75) is 13.0 Å². The summed E-state index contributed by atoms with van der Waals surface area (Å²) in [6.45, 7) is 1.64. The molecule has 1 atom stereocenters. The third-order valence-electron chi connectivity index (χ3n) is 4.56. The maximum absolute atomic E-state index is 13.7. The lowest BCUT2D eigenvalue weighted by Gasteiger charge is -2.26. The number of fused-ring (bicyclic) bond motifs is 1. The fraction of sp³-hybridized carbons (Fsp3) is 0.158. The van der Waals surface area contributed by atoms with Gasteiger partial charge in [0.25, 0.3) is 5.56 Å². The fourth-order valence-electron chi connectivity index (χ4n) is 2.84. The zero-order chi connectivity index (χ0) is 21.5. The Kier molecular flexibility index (Phi) is 5.77. The molecule has 0 aliphatic carbocycles. The van der Waals surface area contributed by atoms with Crippen LogP contribution in [0.1, 0.15) is 18.5 Å². The third kappa shape index (κ3) is 4.04. The van der Waals surface area contributed by atoms with Gasteiger partial charge in [-0.3, -0.25) is 4.79 Å². The molecule has 2 N–H and O–H groups in total. The summed E-state index contributed by atoms with van der Waals surface area (Å²) in [5.41, 5.74) is -0.0197. The number of anilines is 1. The molecule has 0 bridgehead atoms. The van der Waals surface area contributed by atoms with Gasteiger partial charge in [-0.15, -0.1) is 0 Å². The Hall–Kier alpha value is -2.71. The van der Waals surface area contributed by atoms with Crippen LogP contribution >= 0.6 is 23.2 Å². The summed E-state index contributed by atoms with van der Waals surface area (Å²) in [4.78, 5) is 28.3. The molecule has 5 nitrogen and oxygen atoms in total. The van der Waals surface area contributed by atoms with E-state index in [1.807, 2.05) is 0 Å². The SMILES string of the molecule is CC(c1c[nH]c(=O)c2cc(F)c(F)cc12)N(C)C(=O)Nc1cc(Cl)c(F)c(Cl)c1. The number of carbonyl (C=O) groups is 1. The van der Waals surface area contributed by atoms with Crippen LogP contribution < -0.4 is 10.9 Å². The van der Waals surface area contributed by atoms with E-state index in [9.17, 15) is 22.8 Å². The molecule has 0 spiro atoms. The smallest absolute Gasteiger partial charge is 0.322 e. The van der Waals surface area contributed by atoms with E-state index in [4.69, 9.17) is 23.2 Å². The summed E-state index contributed by atoms with van der Waals surface area (Å²) in [5.74, 6) is -3.06. The average molecular weight is 444 g/mol. The molecule has 0 saturated heterocycles. The second kappa shape index (κ2) is 7.96. The van der Waals surface area contributed by atoms with Crippen molar-refractivity contribution in [1.29, 1.82) is 0 Å². The first-order chi connectivity index (χ1) is 13.6. The molecule has 0 radical (unpaired) electrons. The highest BCUT2D eigenvalue weighted by Gasteiger charge is 2.22. The molecule has 1 heterocycles. The number of aromatic amines is 1. The number of nitrogens with one attached hydrogen (secondary N) is 2. The molecule has 10 heteroatoms. The predicted molar refractivity (Wildman–Crippen MR) is 106 cm³/mol. The number of hydrogen-bond donors (Lipinski definition) is 2. The summed E-state index contributed by atoms with van der Waals surface area (Å²) in [6.07, 6.45) is 1.34. The molecular formula is C19H14Cl2F3N3O2. The molecule has 1 aromatic heterocycles. The summed E-state index contributed by atoms with van der Waals surface area (Å²) in [5, 5.41) is 2.14. The van der Waals surface area contributed by atoms with Gasteiger partial charge in [0.1, 0.15) is 0 Å². The van der Waals surface area contributed by atoms with Gasteiger partial charge in [-0.25, -0.2) is 18.0 Å². The number of H-pyrrole nitrogens is 1. The molecule has 3 rings (SSSR count). The molecule has 0 saturated carbocycles. The van der Waals surface area contributed by atoms with Gasteiger partial charge < -0.3 is 15.2 Å². The highest BCUT2D eigenvalue weighted by atomic mass is 35.5. The number of halogens is 5. The standard InChI is InChI=1S/C19H14Cl2F3N3O2/c1-8(12-7-25-18(28)11-6-16(23)15(22)5-10(11)12)27(2)19(29)26-9-3-13(20)17(24)14(21)4-9/h3-8H,1-2H3,(H,25,28)(H,26,29). The molecule has 29 heavy (non-hydrogen) atoms. The lowest BCUT2D eigenvalue weighted by atomic mass is 10.0. The van der Waals surface area contributed by atoms with Crippen molar-refractivity contribution >= 4 is 45.7 Å². The van der Waals surface area contributed by atoms with E-state index in [-0.39, 0.29) is 26.5 Å². The molecule has 1 unspecified atom stereocenters. The molecule has 2 amide bonds. The Morgan fingerprint density at radius 1 is 1.07 bits per heavy atom. The van der Waals surface area contributed by atoms with Gasteiger partial charge >= 0.3 is 6.03 Å². The molecule has 2 aromatic carbocycles. The van der Waals surface area contributed by atoms with Crippen LogP contribution in [0.4, 0.5) is 23.7 Å². The number of benzene rings is 2. The van der Waals surface area contributed by atoms with Crippen molar-refractivity contribution in [3.63, 3.8) is 0 Å². The van der Waals surface area contributed by atoms with Crippen molar-refractivity contribution in [1.82, 2.24) is 9.88 Å². The first-order valence-electron chi connectivity index (χ1n) is 8.28. The van der Waals surface area contributed by atoms with Gasteiger partial charge in [0.15, 0.2) is 17.5 Å². The lowest BCUT2D eigenvalue weighted by molar-refractivity contribution is 0.208. The molecule has 3 aromatic rings. The Balaban J connectivity index is 1.93. The minimum absolute atomic E-state index is 0.0424. The molecular weight excluding hydrogens is 430 g/mol. The van der Waals surface area contributed by atoms with E-state index in [1.54, 1.807) is 6.92 Å². The van der Waals surface area contributed by atoms with Gasteiger partial charge in [0.05, 0.1) is 21.5 Å². The Bertz CT molecular complexity index is 1160. The number of pyridine rings is 1. The van der Waals surface area contributed by atoms with Gasteiger partial charge in [0.2, 0.25) is 0 Å². The van der Waals surface area contributed by atoms with Crippen molar-refractivity contribution in [2.75, 3.05) is 12.4 Å². The minimum atomic E-state index is -1.15. The van der Waals surface area contributed by atoms with Gasteiger partial charge in [-0.2, -0.15) is 0 Å². The second-order valence-electron chi connectivity index (χ2n) is 6.36. The maximum Gasteiger partial charge on any atom is 0.322 e. The van der Waals surface area contributed by atoms with E-state index in [1.165, 1.54) is 30.3 Å². The number of carbonyl (C=O) groups excluding carboxylic acids is 1. The Morgan fingerprint density at radius 3 is 2.21 bits per heavy atom. The van der Waals surface area contributed by atoms with Gasteiger partial charge in [-0.05, 0) is 42.1 Å². The molecule has 0 aliphatic rings. The van der Waals surface area contributed by atoms with Crippen LogP contribution in [0.25, 0.3) is 10.8 Å². The average Bonchev–Trinajstić information content (AvgIpc) is 2.66. The predicted octanol–water partition coefficient (Wildman–Crippen LogP) is 5.48. The van der Waals surface area contributed by atoms with E-state index < -0.39 is 35.1 Å². The highest BCUT2D eigenvalue weighted by molar-refractivity contribution is 6.35. The Morgan fingerprint density at radius 2 is 1.62 bits per heavy atom. The summed E-state index contributed by atoms with van der Waals surface area (Å²) < 4.78 is 40.8.